The average Bonchev–Trinajstić information content (AvgIpc) is 2.61. The Labute approximate surface area is 92.3 Å². The molecule has 0 aliphatic rings. The molecule has 2 aromatic rings. The molecule has 2 aromatic heterocycles. The quantitative estimate of drug-likeness (QED) is 0.605. The Morgan fingerprint density at radius 1 is 1.50 bits per heavy atom. The number of hydrogen-bond acceptors (Lipinski definition) is 3. The van der Waals surface area contributed by atoms with Crippen molar-refractivity contribution in [1.29, 1.82) is 0 Å². The summed E-state index contributed by atoms with van der Waals surface area (Å²) in [5, 5.41) is 0. The molecule has 2 heterocycles. The Kier molecular flexibility index (Phi) is 2.49. The fraction of sp³-hybridized carbons (Fsp3) is 0.300. The van der Waals surface area contributed by atoms with Crippen LogP contribution in [0.3, 0.4) is 0 Å². The summed E-state index contributed by atoms with van der Waals surface area (Å²) in [5.41, 5.74) is 3.25. The summed E-state index contributed by atoms with van der Waals surface area (Å²) in [6.45, 7) is 4.27. The highest BCUT2D eigenvalue weighted by molar-refractivity contribution is 8.68. The number of nitrogens with zero attached hydrogens (tertiary/aromatic N) is 1. The predicted molar refractivity (Wildman–Crippen MR) is 65.7 cm³/mol. The summed E-state index contributed by atoms with van der Waals surface area (Å²) in [4.78, 5) is 7.64. The molecule has 0 atom stereocenters. The third-order valence-electron chi connectivity index (χ3n) is 2.27. The van der Waals surface area contributed by atoms with E-state index in [0.29, 0.717) is 0 Å². The van der Waals surface area contributed by atoms with Gasteiger partial charge in [-0.2, -0.15) is 0 Å². The zero-order valence-electron chi connectivity index (χ0n) is 8.11. The lowest BCUT2D eigenvalue weighted by Crippen LogP contribution is -2.09. The van der Waals surface area contributed by atoms with Gasteiger partial charge in [0.05, 0.1) is 15.8 Å². The molecule has 0 amide bonds. The fourth-order valence-corrected chi connectivity index (χ4v) is 1.83. The number of H-pyrrole nitrogens is 1. The third-order valence-corrected chi connectivity index (χ3v) is 4.31. The first-order valence-corrected chi connectivity index (χ1v) is 6.27. The zero-order valence-corrected chi connectivity index (χ0v) is 9.82. The Morgan fingerprint density at radius 2 is 2.29 bits per heavy atom. The normalized spacial score (nSPS) is 12.2. The lowest BCUT2D eigenvalue weighted by Gasteiger charge is -2.18. The number of rotatable bonds is 2. The smallest absolute Gasteiger partial charge is 0.0882 e. The second kappa shape index (κ2) is 3.51. The van der Waals surface area contributed by atoms with Crippen LogP contribution in [0.5, 0.6) is 0 Å². The molecular formula is C10H12N2S2. The minimum atomic E-state index is -0.0101. The van der Waals surface area contributed by atoms with Crippen LogP contribution in [0.25, 0.3) is 11.0 Å². The van der Waals surface area contributed by atoms with Gasteiger partial charge in [0.1, 0.15) is 0 Å². The monoisotopic (exact) mass is 224 g/mol. The summed E-state index contributed by atoms with van der Waals surface area (Å²) in [6.07, 6.45) is 1.81. The molecule has 0 aliphatic carbocycles. The Hall–Kier alpha value is -0.610. The van der Waals surface area contributed by atoms with Crippen molar-refractivity contribution in [3.05, 3.63) is 30.1 Å². The van der Waals surface area contributed by atoms with Gasteiger partial charge < -0.3 is 4.98 Å². The molecule has 2 rings (SSSR count). The van der Waals surface area contributed by atoms with Crippen LogP contribution in [-0.4, -0.2) is 9.97 Å². The molecular weight excluding hydrogens is 212 g/mol. The van der Waals surface area contributed by atoms with Crippen molar-refractivity contribution in [2.75, 3.05) is 0 Å². The van der Waals surface area contributed by atoms with Gasteiger partial charge in [0.25, 0.3) is 0 Å². The number of aromatic nitrogens is 2. The SMILES string of the molecule is CC(C)(SS)c1cc2ncccc2[nH]1. The van der Waals surface area contributed by atoms with E-state index in [2.05, 4.69) is 41.5 Å². The van der Waals surface area contributed by atoms with Crippen molar-refractivity contribution in [2.45, 2.75) is 18.6 Å². The molecule has 0 aromatic carbocycles. The van der Waals surface area contributed by atoms with E-state index in [1.165, 1.54) is 10.8 Å². The van der Waals surface area contributed by atoms with Crippen molar-refractivity contribution in [3.8, 4) is 0 Å². The first-order valence-electron chi connectivity index (χ1n) is 4.40. The second-order valence-electron chi connectivity index (χ2n) is 3.72. The predicted octanol–water partition coefficient (Wildman–Crippen LogP) is 3.38. The lowest BCUT2D eigenvalue weighted by atomic mass is 10.1. The zero-order chi connectivity index (χ0) is 10.2. The Bertz CT molecular complexity index is 415. The van der Waals surface area contributed by atoms with E-state index < -0.39 is 0 Å². The Morgan fingerprint density at radius 3 is 2.93 bits per heavy atom. The topological polar surface area (TPSA) is 28.7 Å². The van der Waals surface area contributed by atoms with Gasteiger partial charge >= 0.3 is 0 Å². The molecule has 14 heavy (non-hydrogen) atoms. The van der Waals surface area contributed by atoms with Gasteiger partial charge in [-0.05, 0) is 32.0 Å². The van der Waals surface area contributed by atoms with Crippen LogP contribution >= 0.6 is 22.5 Å². The summed E-state index contributed by atoms with van der Waals surface area (Å²) in [7, 11) is 1.53. The minimum Gasteiger partial charge on any atom is -0.356 e. The molecule has 0 bridgehead atoms. The fourth-order valence-electron chi connectivity index (χ4n) is 1.33. The van der Waals surface area contributed by atoms with E-state index in [0.717, 1.165) is 16.7 Å². The van der Waals surface area contributed by atoms with Crippen LogP contribution < -0.4 is 0 Å². The molecule has 0 aliphatic heterocycles. The van der Waals surface area contributed by atoms with Crippen LogP contribution in [0.15, 0.2) is 24.4 Å². The summed E-state index contributed by atoms with van der Waals surface area (Å²) in [6, 6.07) is 6.05. The molecule has 0 saturated carbocycles. The van der Waals surface area contributed by atoms with Gasteiger partial charge in [0.2, 0.25) is 0 Å². The lowest BCUT2D eigenvalue weighted by molar-refractivity contribution is 0.764. The van der Waals surface area contributed by atoms with Gasteiger partial charge in [0, 0.05) is 11.9 Å². The van der Waals surface area contributed by atoms with Crippen LogP contribution in [0.2, 0.25) is 0 Å². The van der Waals surface area contributed by atoms with Crippen LogP contribution in [0, 0.1) is 0 Å². The molecule has 2 nitrogen and oxygen atoms in total. The molecule has 0 radical (unpaired) electrons. The number of fused-ring (bicyclic) bond motifs is 1. The molecule has 0 spiro atoms. The van der Waals surface area contributed by atoms with Crippen molar-refractivity contribution in [1.82, 2.24) is 9.97 Å². The standard InChI is InChI=1S/C10H12N2S2/c1-10(2,14-13)9-6-8-7(12-9)4-3-5-11-8/h3-6,12-13H,1-2H3. The second-order valence-corrected chi connectivity index (χ2v) is 5.47. The maximum atomic E-state index is 4.28. The van der Waals surface area contributed by atoms with Gasteiger partial charge in [-0.3, -0.25) is 4.98 Å². The van der Waals surface area contributed by atoms with Crippen LogP contribution in [0.4, 0.5) is 0 Å². The largest absolute Gasteiger partial charge is 0.356 e. The molecule has 4 heteroatoms. The number of aromatic amines is 1. The van der Waals surface area contributed by atoms with Crippen molar-refractivity contribution < 1.29 is 0 Å². The first-order chi connectivity index (χ1) is 6.63. The third kappa shape index (κ3) is 1.64. The van der Waals surface area contributed by atoms with E-state index in [1.54, 1.807) is 6.20 Å². The van der Waals surface area contributed by atoms with Crippen molar-refractivity contribution in [2.24, 2.45) is 0 Å². The average molecular weight is 224 g/mol. The summed E-state index contributed by atoms with van der Waals surface area (Å²) < 4.78 is -0.0101. The summed E-state index contributed by atoms with van der Waals surface area (Å²) >= 11 is 4.27. The maximum absolute atomic E-state index is 4.28. The highest BCUT2D eigenvalue weighted by Gasteiger charge is 2.21. The van der Waals surface area contributed by atoms with Gasteiger partial charge in [-0.15, -0.1) is 11.7 Å². The number of hydrogen-bond donors (Lipinski definition) is 2. The highest BCUT2D eigenvalue weighted by Crippen LogP contribution is 2.38. The van der Waals surface area contributed by atoms with Gasteiger partial charge in [0.15, 0.2) is 0 Å². The van der Waals surface area contributed by atoms with Crippen molar-refractivity contribution >= 4 is 33.5 Å². The first kappa shape index (κ1) is 9.93. The van der Waals surface area contributed by atoms with E-state index in [-0.39, 0.29) is 4.75 Å². The van der Waals surface area contributed by atoms with E-state index in [4.69, 9.17) is 0 Å². The van der Waals surface area contributed by atoms with Crippen LogP contribution in [-0.2, 0) is 4.75 Å². The highest BCUT2D eigenvalue weighted by atomic mass is 33.1. The van der Waals surface area contributed by atoms with Crippen LogP contribution in [0.1, 0.15) is 19.5 Å². The van der Waals surface area contributed by atoms with Gasteiger partial charge in [-0.1, -0.05) is 10.8 Å². The van der Waals surface area contributed by atoms with E-state index >= 15 is 0 Å². The summed E-state index contributed by atoms with van der Waals surface area (Å²) in [5.74, 6) is 0. The molecule has 0 saturated heterocycles. The molecule has 74 valence electrons. The minimum absolute atomic E-state index is 0.0101. The number of thiol groups is 1. The van der Waals surface area contributed by atoms with E-state index in [9.17, 15) is 0 Å². The Balaban J connectivity index is 2.55. The molecule has 0 unspecified atom stereocenters. The number of pyridine rings is 1. The maximum Gasteiger partial charge on any atom is 0.0882 e. The number of nitrogens with one attached hydrogen (secondary N) is 1. The molecule has 0 fully saturated rings. The van der Waals surface area contributed by atoms with E-state index in [1.807, 2.05) is 12.1 Å². The molecule has 1 N–H and O–H groups in total. The van der Waals surface area contributed by atoms with Crippen molar-refractivity contribution in [3.63, 3.8) is 0 Å². The van der Waals surface area contributed by atoms with Gasteiger partial charge in [-0.25, -0.2) is 0 Å².